The van der Waals surface area contributed by atoms with Crippen molar-refractivity contribution in [2.75, 3.05) is 19.6 Å². The van der Waals surface area contributed by atoms with Gasteiger partial charge in [0.1, 0.15) is 0 Å². The Hall–Kier alpha value is -1.43. The molecular formula is C16H25N3O2S. The van der Waals surface area contributed by atoms with E-state index in [0.717, 1.165) is 43.1 Å². The summed E-state index contributed by atoms with van der Waals surface area (Å²) in [6.07, 6.45) is 4.02. The third-order valence-corrected chi connectivity index (χ3v) is 5.08. The molecule has 2 amide bonds. The van der Waals surface area contributed by atoms with Gasteiger partial charge in [-0.25, -0.2) is 4.98 Å². The fourth-order valence-electron chi connectivity index (χ4n) is 2.71. The number of aromatic nitrogens is 1. The topological polar surface area (TPSA) is 62.3 Å². The van der Waals surface area contributed by atoms with E-state index in [1.165, 1.54) is 0 Å². The Labute approximate surface area is 136 Å². The van der Waals surface area contributed by atoms with Crippen molar-refractivity contribution in [2.24, 2.45) is 0 Å². The molecule has 0 saturated carbocycles. The van der Waals surface area contributed by atoms with Crippen LogP contribution in [0.25, 0.3) is 0 Å². The number of piperidine rings is 1. The van der Waals surface area contributed by atoms with Gasteiger partial charge in [0.2, 0.25) is 11.8 Å². The number of nitrogens with one attached hydrogen (secondary N) is 1. The lowest BCUT2D eigenvalue weighted by atomic mass is 9.98. The highest BCUT2D eigenvalue weighted by atomic mass is 32.1. The molecule has 1 N–H and O–H groups in total. The van der Waals surface area contributed by atoms with E-state index in [0.29, 0.717) is 25.3 Å². The molecule has 1 aromatic rings. The normalized spacial score (nSPS) is 18.3. The molecule has 1 aliphatic rings. The maximum Gasteiger partial charge on any atom is 0.222 e. The lowest BCUT2D eigenvalue weighted by Gasteiger charge is -2.31. The van der Waals surface area contributed by atoms with E-state index in [2.05, 4.69) is 10.7 Å². The molecule has 5 nitrogen and oxygen atoms in total. The van der Waals surface area contributed by atoms with Gasteiger partial charge in [-0.1, -0.05) is 13.8 Å². The third-order valence-electron chi connectivity index (χ3n) is 4.02. The molecule has 1 aliphatic heterocycles. The molecule has 6 heteroatoms. The summed E-state index contributed by atoms with van der Waals surface area (Å²) in [5.74, 6) is 0.688. The van der Waals surface area contributed by atoms with Crippen molar-refractivity contribution < 1.29 is 9.59 Å². The van der Waals surface area contributed by atoms with E-state index in [1.807, 2.05) is 18.7 Å². The highest BCUT2D eigenvalue weighted by molar-refractivity contribution is 7.09. The van der Waals surface area contributed by atoms with Crippen molar-refractivity contribution in [1.82, 2.24) is 15.2 Å². The molecule has 1 atom stereocenters. The van der Waals surface area contributed by atoms with Crippen LogP contribution >= 0.6 is 11.3 Å². The average molecular weight is 323 g/mol. The lowest BCUT2D eigenvalue weighted by Crippen LogP contribution is -2.38. The van der Waals surface area contributed by atoms with E-state index < -0.39 is 0 Å². The van der Waals surface area contributed by atoms with Gasteiger partial charge in [-0.3, -0.25) is 9.59 Å². The SMILES string of the molecule is CCC(=O)NCCc1csc([C@@H]2CCCN(C(=O)CC)C2)n1. The molecule has 2 rings (SSSR count). The first-order valence-corrected chi connectivity index (χ1v) is 9.00. The van der Waals surface area contributed by atoms with E-state index in [1.54, 1.807) is 11.3 Å². The molecule has 1 saturated heterocycles. The Kier molecular flexibility index (Phi) is 6.36. The van der Waals surface area contributed by atoms with Gasteiger partial charge in [-0.05, 0) is 12.8 Å². The van der Waals surface area contributed by atoms with Crippen LogP contribution in [0.5, 0.6) is 0 Å². The molecule has 0 aromatic carbocycles. The largest absolute Gasteiger partial charge is 0.356 e. The van der Waals surface area contributed by atoms with Gasteiger partial charge < -0.3 is 10.2 Å². The van der Waals surface area contributed by atoms with Gasteiger partial charge in [-0.15, -0.1) is 11.3 Å². The van der Waals surface area contributed by atoms with Gasteiger partial charge >= 0.3 is 0 Å². The molecule has 0 spiro atoms. The number of hydrogen-bond donors (Lipinski definition) is 1. The first-order valence-electron chi connectivity index (χ1n) is 8.12. The number of nitrogens with zero attached hydrogens (tertiary/aromatic N) is 2. The minimum absolute atomic E-state index is 0.0800. The van der Waals surface area contributed by atoms with Gasteiger partial charge in [0, 0.05) is 50.2 Å². The van der Waals surface area contributed by atoms with Crippen molar-refractivity contribution in [3.8, 4) is 0 Å². The van der Waals surface area contributed by atoms with Crippen LogP contribution < -0.4 is 5.32 Å². The second kappa shape index (κ2) is 8.27. The van der Waals surface area contributed by atoms with Crippen LogP contribution in [-0.2, 0) is 16.0 Å². The van der Waals surface area contributed by atoms with E-state index in [-0.39, 0.29) is 11.8 Å². The van der Waals surface area contributed by atoms with Crippen LogP contribution in [0, 0.1) is 0 Å². The van der Waals surface area contributed by atoms with Crippen LogP contribution in [0.15, 0.2) is 5.38 Å². The molecule has 1 fully saturated rings. The molecule has 0 radical (unpaired) electrons. The van der Waals surface area contributed by atoms with E-state index in [4.69, 9.17) is 4.98 Å². The van der Waals surface area contributed by atoms with Crippen LogP contribution in [0.3, 0.4) is 0 Å². The first kappa shape index (κ1) is 16.9. The van der Waals surface area contributed by atoms with Gasteiger partial charge in [-0.2, -0.15) is 0 Å². The van der Waals surface area contributed by atoms with E-state index >= 15 is 0 Å². The van der Waals surface area contributed by atoms with Crippen molar-refractivity contribution in [2.45, 2.75) is 51.9 Å². The number of rotatable bonds is 6. The zero-order valence-corrected chi connectivity index (χ0v) is 14.2. The van der Waals surface area contributed by atoms with Crippen molar-refractivity contribution >= 4 is 23.2 Å². The lowest BCUT2D eigenvalue weighted by molar-refractivity contribution is -0.132. The fourth-order valence-corrected chi connectivity index (χ4v) is 3.69. The maximum absolute atomic E-state index is 11.9. The van der Waals surface area contributed by atoms with Crippen molar-refractivity contribution in [3.63, 3.8) is 0 Å². The summed E-state index contributed by atoms with van der Waals surface area (Å²) in [6.45, 7) is 6.08. The molecule has 2 heterocycles. The van der Waals surface area contributed by atoms with Gasteiger partial charge in [0.15, 0.2) is 0 Å². The summed E-state index contributed by atoms with van der Waals surface area (Å²) in [6, 6.07) is 0. The van der Waals surface area contributed by atoms with Crippen molar-refractivity contribution in [1.29, 1.82) is 0 Å². The highest BCUT2D eigenvalue weighted by Crippen LogP contribution is 2.29. The Bertz CT molecular complexity index is 515. The zero-order valence-electron chi connectivity index (χ0n) is 13.4. The second-order valence-corrected chi connectivity index (χ2v) is 6.55. The summed E-state index contributed by atoms with van der Waals surface area (Å²) in [5, 5.41) is 6.08. The number of carbonyl (C=O) groups is 2. The Balaban J connectivity index is 1.87. The molecule has 0 unspecified atom stereocenters. The fraction of sp³-hybridized carbons (Fsp3) is 0.688. The Morgan fingerprint density at radius 3 is 2.95 bits per heavy atom. The molecular weight excluding hydrogens is 298 g/mol. The summed E-state index contributed by atoms with van der Waals surface area (Å²) in [7, 11) is 0. The van der Waals surface area contributed by atoms with Crippen LogP contribution in [-0.4, -0.2) is 41.3 Å². The monoisotopic (exact) mass is 323 g/mol. The predicted octanol–water partition coefficient (Wildman–Crippen LogP) is 2.33. The highest BCUT2D eigenvalue weighted by Gasteiger charge is 2.25. The Morgan fingerprint density at radius 2 is 2.23 bits per heavy atom. The summed E-state index contributed by atoms with van der Waals surface area (Å²) < 4.78 is 0. The number of amides is 2. The van der Waals surface area contributed by atoms with E-state index in [9.17, 15) is 9.59 Å². The van der Waals surface area contributed by atoms with Gasteiger partial charge in [0.25, 0.3) is 0 Å². The average Bonchev–Trinajstić information content (AvgIpc) is 3.03. The molecule has 1 aromatic heterocycles. The number of hydrogen-bond acceptors (Lipinski definition) is 4. The summed E-state index contributed by atoms with van der Waals surface area (Å²) >= 11 is 1.68. The summed E-state index contributed by atoms with van der Waals surface area (Å²) in [4.78, 5) is 29.7. The minimum Gasteiger partial charge on any atom is -0.356 e. The quantitative estimate of drug-likeness (QED) is 0.874. The second-order valence-electron chi connectivity index (χ2n) is 5.66. The third kappa shape index (κ3) is 4.53. The first-order chi connectivity index (χ1) is 10.6. The van der Waals surface area contributed by atoms with Crippen molar-refractivity contribution in [3.05, 3.63) is 16.1 Å². The number of likely N-dealkylation sites (tertiary alicyclic amines) is 1. The minimum atomic E-state index is 0.0800. The Morgan fingerprint density at radius 1 is 1.41 bits per heavy atom. The molecule has 122 valence electrons. The number of carbonyl (C=O) groups excluding carboxylic acids is 2. The smallest absolute Gasteiger partial charge is 0.222 e. The van der Waals surface area contributed by atoms with Crippen LogP contribution in [0.2, 0.25) is 0 Å². The van der Waals surface area contributed by atoms with Gasteiger partial charge in [0.05, 0.1) is 10.7 Å². The molecule has 0 bridgehead atoms. The number of thiazole rings is 1. The standard InChI is InChI=1S/C16H25N3O2S/c1-3-14(20)17-8-7-13-11-22-16(18-13)12-6-5-9-19(10-12)15(21)4-2/h11-12H,3-10H2,1-2H3,(H,17,20)/t12-/m1/s1. The van der Waals surface area contributed by atoms with Crippen LogP contribution in [0.4, 0.5) is 0 Å². The maximum atomic E-state index is 11.9. The molecule has 22 heavy (non-hydrogen) atoms. The summed E-state index contributed by atoms with van der Waals surface area (Å²) in [5.41, 5.74) is 1.04. The molecule has 0 aliphatic carbocycles. The van der Waals surface area contributed by atoms with Crippen LogP contribution in [0.1, 0.15) is 56.2 Å². The zero-order chi connectivity index (χ0) is 15.9. The predicted molar refractivity (Wildman–Crippen MR) is 88.0 cm³/mol.